The van der Waals surface area contributed by atoms with Gasteiger partial charge in [0.25, 0.3) is 0 Å². The van der Waals surface area contributed by atoms with E-state index in [-0.39, 0.29) is 24.2 Å². The standard InChI is InChI=1S/C18H25FN2O3S/c1-12(2)18(20-14(4)21(5)25(6,23)24)17(11-22)13(3)15-7-9-16(19)10-8-15/h7-10,12,22H,3,11H2,1-2,4-6H3/b18-17-,20-14+. The fourth-order valence-corrected chi connectivity index (χ4v) is 2.71. The van der Waals surface area contributed by atoms with Crippen LogP contribution in [0.4, 0.5) is 4.39 Å². The first-order valence-electron chi connectivity index (χ1n) is 7.77. The number of hydrogen-bond acceptors (Lipinski definition) is 4. The maximum Gasteiger partial charge on any atom is 0.232 e. The summed E-state index contributed by atoms with van der Waals surface area (Å²) in [6, 6.07) is 5.78. The van der Waals surface area contributed by atoms with Crippen LogP contribution < -0.4 is 0 Å². The summed E-state index contributed by atoms with van der Waals surface area (Å²) < 4.78 is 37.5. The van der Waals surface area contributed by atoms with Gasteiger partial charge in [0.2, 0.25) is 10.0 Å². The minimum atomic E-state index is -3.43. The molecule has 1 N–H and O–H groups in total. The molecular formula is C18H25FN2O3S. The lowest BCUT2D eigenvalue weighted by Gasteiger charge is -2.20. The van der Waals surface area contributed by atoms with Crippen molar-refractivity contribution in [3.05, 3.63) is 53.5 Å². The quantitative estimate of drug-likeness (QED) is 0.477. The Labute approximate surface area is 149 Å². The van der Waals surface area contributed by atoms with Crippen molar-refractivity contribution in [2.24, 2.45) is 10.9 Å². The molecule has 0 aliphatic carbocycles. The van der Waals surface area contributed by atoms with E-state index < -0.39 is 10.0 Å². The second kappa shape index (κ2) is 8.40. The highest BCUT2D eigenvalue weighted by Gasteiger charge is 2.18. The van der Waals surface area contributed by atoms with Gasteiger partial charge in [-0.15, -0.1) is 0 Å². The van der Waals surface area contributed by atoms with E-state index in [9.17, 15) is 17.9 Å². The number of amidine groups is 1. The summed E-state index contributed by atoms with van der Waals surface area (Å²) in [6.45, 7) is 9.03. The molecule has 0 atom stereocenters. The molecular weight excluding hydrogens is 343 g/mol. The predicted octanol–water partition coefficient (Wildman–Crippen LogP) is 3.05. The molecule has 0 bridgehead atoms. The second-order valence-electron chi connectivity index (χ2n) is 6.05. The van der Waals surface area contributed by atoms with Crippen LogP contribution in [0.25, 0.3) is 5.57 Å². The Morgan fingerprint density at radius 3 is 2.24 bits per heavy atom. The maximum atomic E-state index is 13.1. The maximum absolute atomic E-state index is 13.1. The van der Waals surface area contributed by atoms with Crippen LogP contribution in [0.15, 0.2) is 47.1 Å². The lowest BCUT2D eigenvalue weighted by molar-refractivity contribution is 0.333. The van der Waals surface area contributed by atoms with Crippen molar-refractivity contribution in [1.82, 2.24) is 4.31 Å². The number of benzene rings is 1. The third-order valence-electron chi connectivity index (χ3n) is 3.81. The third kappa shape index (κ3) is 5.51. The molecule has 0 saturated heterocycles. The zero-order valence-corrected chi connectivity index (χ0v) is 16.1. The molecule has 7 heteroatoms. The molecule has 0 radical (unpaired) electrons. The summed E-state index contributed by atoms with van der Waals surface area (Å²) in [5.41, 5.74) is 2.20. The molecule has 138 valence electrons. The minimum Gasteiger partial charge on any atom is -0.392 e. The topological polar surface area (TPSA) is 70.0 Å². The smallest absolute Gasteiger partial charge is 0.232 e. The van der Waals surface area contributed by atoms with Crippen LogP contribution in [0.5, 0.6) is 0 Å². The highest BCUT2D eigenvalue weighted by atomic mass is 32.2. The number of allylic oxidation sites excluding steroid dienone is 1. The van der Waals surface area contributed by atoms with Crippen molar-refractivity contribution < 1.29 is 17.9 Å². The molecule has 0 amide bonds. The van der Waals surface area contributed by atoms with E-state index in [0.29, 0.717) is 22.4 Å². The van der Waals surface area contributed by atoms with Crippen LogP contribution >= 0.6 is 0 Å². The zero-order valence-electron chi connectivity index (χ0n) is 15.2. The Morgan fingerprint density at radius 2 is 1.84 bits per heavy atom. The fourth-order valence-electron chi connectivity index (χ4n) is 2.19. The Bertz CT molecular complexity index is 794. The van der Waals surface area contributed by atoms with Gasteiger partial charge in [-0.3, -0.25) is 4.31 Å². The summed E-state index contributed by atoms with van der Waals surface area (Å²) in [4.78, 5) is 4.43. The monoisotopic (exact) mass is 368 g/mol. The van der Waals surface area contributed by atoms with E-state index in [4.69, 9.17) is 0 Å². The molecule has 0 unspecified atom stereocenters. The summed E-state index contributed by atoms with van der Waals surface area (Å²) in [5.74, 6) is -0.162. The molecule has 1 rings (SSSR count). The normalized spacial score (nSPS) is 13.7. The number of rotatable bonds is 6. The van der Waals surface area contributed by atoms with Gasteiger partial charge in [0.15, 0.2) is 0 Å². The molecule has 0 aliphatic rings. The number of halogens is 1. The minimum absolute atomic E-state index is 0.0812. The van der Waals surface area contributed by atoms with E-state index in [2.05, 4.69) is 11.6 Å². The van der Waals surface area contributed by atoms with Crippen molar-refractivity contribution >= 4 is 21.4 Å². The van der Waals surface area contributed by atoms with Crippen LogP contribution in [0.1, 0.15) is 26.3 Å². The molecule has 1 aromatic carbocycles. The van der Waals surface area contributed by atoms with Crippen LogP contribution in [-0.4, -0.2) is 43.6 Å². The summed E-state index contributed by atoms with van der Waals surface area (Å²) >= 11 is 0. The number of sulfonamides is 1. The predicted molar refractivity (Wildman–Crippen MR) is 100 cm³/mol. The van der Waals surface area contributed by atoms with Gasteiger partial charge in [0.1, 0.15) is 11.7 Å². The molecule has 0 saturated carbocycles. The lowest BCUT2D eigenvalue weighted by atomic mass is 9.94. The Balaban J connectivity index is 3.44. The van der Waals surface area contributed by atoms with Crippen molar-refractivity contribution in [3.63, 3.8) is 0 Å². The van der Waals surface area contributed by atoms with Gasteiger partial charge in [-0.1, -0.05) is 32.6 Å². The van der Waals surface area contributed by atoms with Gasteiger partial charge in [-0.25, -0.2) is 17.8 Å². The van der Waals surface area contributed by atoms with E-state index in [1.165, 1.54) is 19.2 Å². The molecule has 0 heterocycles. The van der Waals surface area contributed by atoms with Gasteiger partial charge in [-0.2, -0.15) is 0 Å². The van der Waals surface area contributed by atoms with Gasteiger partial charge in [0.05, 0.1) is 18.6 Å². The van der Waals surface area contributed by atoms with Gasteiger partial charge < -0.3 is 5.11 Å². The van der Waals surface area contributed by atoms with Crippen LogP contribution in [-0.2, 0) is 10.0 Å². The first kappa shape index (κ1) is 21.1. The molecule has 0 aromatic heterocycles. The lowest BCUT2D eigenvalue weighted by Crippen LogP contribution is -2.30. The first-order chi connectivity index (χ1) is 11.5. The molecule has 0 spiro atoms. The molecule has 0 aliphatic heterocycles. The molecule has 0 fully saturated rings. The first-order valence-corrected chi connectivity index (χ1v) is 9.62. The number of aliphatic hydroxyl groups excluding tert-OH is 1. The Morgan fingerprint density at radius 1 is 1.32 bits per heavy atom. The Hall–Kier alpha value is -1.99. The van der Waals surface area contributed by atoms with Gasteiger partial charge >= 0.3 is 0 Å². The average molecular weight is 368 g/mol. The average Bonchev–Trinajstić information content (AvgIpc) is 2.53. The van der Waals surface area contributed by atoms with Crippen LogP contribution in [0.3, 0.4) is 0 Å². The van der Waals surface area contributed by atoms with E-state index in [0.717, 1.165) is 10.6 Å². The highest BCUT2D eigenvalue weighted by molar-refractivity contribution is 7.88. The van der Waals surface area contributed by atoms with E-state index in [1.54, 1.807) is 19.1 Å². The number of nitrogens with zero attached hydrogens (tertiary/aromatic N) is 2. The number of hydrogen-bond donors (Lipinski definition) is 1. The number of aliphatic imine (C=N–C) groups is 1. The second-order valence-corrected chi connectivity index (χ2v) is 8.07. The molecule has 5 nitrogen and oxygen atoms in total. The Kier molecular flexibility index (Phi) is 7.07. The van der Waals surface area contributed by atoms with Crippen molar-refractivity contribution in [3.8, 4) is 0 Å². The number of aliphatic hydroxyl groups is 1. The fraction of sp³-hybridized carbons (Fsp3) is 0.389. The SMILES string of the molecule is C=C(/C(CO)=C(\N=C(/C)N(C)S(C)(=O)=O)C(C)C)c1ccc(F)cc1. The van der Waals surface area contributed by atoms with Crippen LogP contribution in [0.2, 0.25) is 0 Å². The van der Waals surface area contributed by atoms with Crippen molar-refractivity contribution in [2.75, 3.05) is 19.9 Å². The largest absolute Gasteiger partial charge is 0.392 e. The van der Waals surface area contributed by atoms with Crippen molar-refractivity contribution in [1.29, 1.82) is 0 Å². The summed E-state index contributed by atoms with van der Waals surface area (Å²) in [5, 5.41) is 9.85. The van der Waals surface area contributed by atoms with Gasteiger partial charge in [-0.05, 0) is 36.1 Å². The zero-order chi connectivity index (χ0) is 19.4. The molecule has 25 heavy (non-hydrogen) atoms. The van der Waals surface area contributed by atoms with E-state index in [1.807, 2.05) is 13.8 Å². The van der Waals surface area contributed by atoms with Crippen LogP contribution in [0, 0.1) is 11.7 Å². The van der Waals surface area contributed by atoms with Crippen molar-refractivity contribution in [2.45, 2.75) is 20.8 Å². The van der Waals surface area contributed by atoms with Gasteiger partial charge in [0, 0.05) is 12.6 Å². The third-order valence-corrected chi connectivity index (χ3v) is 5.07. The van der Waals surface area contributed by atoms with E-state index >= 15 is 0 Å². The summed E-state index contributed by atoms with van der Waals surface area (Å²) in [6.07, 6.45) is 1.09. The molecule has 1 aromatic rings. The highest BCUT2D eigenvalue weighted by Crippen LogP contribution is 2.28. The summed E-state index contributed by atoms with van der Waals surface area (Å²) in [7, 11) is -2.01.